The average molecular weight is 323 g/mol. The van der Waals surface area contributed by atoms with Crippen molar-refractivity contribution in [3.05, 3.63) is 22.5 Å². The molecule has 0 unspecified atom stereocenters. The van der Waals surface area contributed by atoms with Crippen molar-refractivity contribution in [3.8, 4) is 0 Å². The highest BCUT2D eigenvalue weighted by molar-refractivity contribution is 7.43. The van der Waals surface area contributed by atoms with Gasteiger partial charge in [0.25, 0.3) is 0 Å². The normalized spacial score (nSPS) is 29.7. The molecule has 4 atom stereocenters. The minimum atomic E-state index is -5.25. The number of aliphatic hydroxyl groups is 2. The minimum absolute atomic E-state index is 0.358. The predicted octanol–water partition coefficient (Wildman–Crippen LogP) is -2.74. The SMILES string of the molecule is O=[N+]([O-])c1cnn([C@@H]2O[C@H](COP(=O)([O-])[O-])[C@@H](O)[C@H]2O)c1. The molecule has 0 amide bonds. The zero-order valence-corrected chi connectivity index (χ0v) is 11.1. The Kier molecular flexibility index (Phi) is 4.39. The van der Waals surface area contributed by atoms with Crippen molar-refractivity contribution in [3.63, 3.8) is 0 Å². The number of hydrogen-bond acceptors (Lipinski definition) is 10. The lowest BCUT2D eigenvalue weighted by Crippen LogP contribution is -2.34. The van der Waals surface area contributed by atoms with E-state index in [1.54, 1.807) is 0 Å². The number of phosphoric ester groups is 1. The molecule has 0 aliphatic carbocycles. The van der Waals surface area contributed by atoms with Crippen LogP contribution < -0.4 is 9.79 Å². The Hall–Kier alpha value is -1.40. The van der Waals surface area contributed by atoms with Gasteiger partial charge in [0.05, 0.1) is 19.4 Å². The van der Waals surface area contributed by atoms with Gasteiger partial charge in [-0.25, -0.2) is 4.68 Å². The average Bonchev–Trinajstić information content (AvgIpc) is 2.94. The van der Waals surface area contributed by atoms with Gasteiger partial charge in [0.15, 0.2) is 6.23 Å². The third kappa shape index (κ3) is 3.63. The Morgan fingerprint density at radius 2 is 2.14 bits per heavy atom. The van der Waals surface area contributed by atoms with Crippen molar-refractivity contribution >= 4 is 13.5 Å². The van der Waals surface area contributed by atoms with Gasteiger partial charge in [0.2, 0.25) is 0 Å². The van der Waals surface area contributed by atoms with E-state index >= 15 is 0 Å². The molecule has 2 rings (SSSR count). The Balaban J connectivity index is 2.08. The summed E-state index contributed by atoms with van der Waals surface area (Å²) in [6.45, 7) is -0.789. The molecule has 0 saturated carbocycles. The number of hydrogen-bond donors (Lipinski definition) is 2. The molecule has 12 nitrogen and oxygen atoms in total. The molecule has 1 aromatic heterocycles. The maximum absolute atomic E-state index is 10.5. The summed E-state index contributed by atoms with van der Waals surface area (Å²) in [5.74, 6) is 0. The molecule has 0 bridgehead atoms. The van der Waals surface area contributed by atoms with Crippen LogP contribution in [0.15, 0.2) is 12.4 Å². The molecule has 1 aliphatic rings. The molecule has 1 aliphatic heterocycles. The first-order chi connectivity index (χ1) is 9.69. The molecular weight excluding hydrogens is 313 g/mol. The van der Waals surface area contributed by atoms with Gasteiger partial charge in [0, 0.05) is 0 Å². The van der Waals surface area contributed by atoms with Crippen LogP contribution >= 0.6 is 7.82 Å². The van der Waals surface area contributed by atoms with Gasteiger partial charge in [-0.1, -0.05) is 0 Å². The van der Waals surface area contributed by atoms with Crippen molar-refractivity contribution in [2.75, 3.05) is 6.61 Å². The summed E-state index contributed by atoms with van der Waals surface area (Å²) in [5, 5.41) is 33.6. The second-order valence-corrected chi connectivity index (χ2v) is 5.38. The molecule has 13 heteroatoms. The summed E-state index contributed by atoms with van der Waals surface area (Å²) in [6, 6.07) is 0. The van der Waals surface area contributed by atoms with Crippen molar-refractivity contribution < 1.29 is 38.7 Å². The highest BCUT2D eigenvalue weighted by atomic mass is 31.2. The van der Waals surface area contributed by atoms with Crippen molar-refractivity contribution in [1.29, 1.82) is 0 Å². The molecule has 0 aromatic carbocycles. The predicted molar refractivity (Wildman–Crippen MR) is 58.4 cm³/mol. The molecule has 2 heterocycles. The number of rotatable bonds is 5. The number of aliphatic hydroxyl groups excluding tert-OH is 2. The first kappa shape index (κ1) is 16.0. The maximum atomic E-state index is 10.5. The zero-order valence-electron chi connectivity index (χ0n) is 10.2. The van der Waals surface area contributed by atoms with Crippen LogP contribution in [0.1, 0.15) is 6.23 Å². The Morgan fingerprint density at radius 3 is 2.67 bits per heavy atom. The molecule has 1 aromatic rings. The van der Waals surface area contributed by atoms with E-state index in [9.17, 15) is 34.7 Å². The van der Waals surface area contributed by atoms with Crippen LogP contribution in [0.2, 0.25) is 0 Å². The Bertz CT molecular complexity index is 571. The Labute approximate surface area is 116 Å². The third-order valence-corrected chi connectivity index (χ3v) is 3.26. The number of nitro groups is 1. The quantitative estimate of drug-likeness (QED) is 0.327. The van der Waals surface area contributed by atoms with Crippen LogP contribution in [-0.4, -0.2) is 49.8 Å². The van der Waals surface area contributed by atoms with E-state index in [1.165, 1.54) is 0 Å². The van der Waals surface area contributed by atoms with Gasteiger partial charge in [-0.2, -0.15) is 5.10 Å². The second kappa shape index (κ2) is 5.77. The van der Waals surface area contributed by atoms with Gasteiger partial charge >= 0.3 is 5.69 Å². The zero-order chi connectivity index (χ0) is 15.8. The van der Waals surface area contributed by atoms with E-state index in [1.807, 2.05) is 0 Å². The fourth-order valence-electron chi connectivity index (χ4n) is 1.81. The smallest absolute Gasteiger partial charge is 0.307 e. The maximum Gasteiger partial charge on any atom is 0.307 e. The summed E-state index contributed by atoms with van der Waals surface area (Å²) >= 11 is 0. The van der Waals surface area contributed by atoms with Gasteiger partial charge in [-0.15, -0.1) is 0 Å². The second-order valence-electron chi connectivity index (χ2n) is 4.22. The summed E-state index contributed by atoms with van der Waals surface area (Å²) in [6.07, 6.45) is -3.78. The minimum Gasteiger partial charge on any atom is -0.790 e. The molecule has 0 radical (unpaired) electrons. The first-order valence-corrected chi connectivity index (χ1v) is 7.02. The molecule has 118 valence electrons. The summed E-state index contributed by atoms with van der Waals surface area (Å²) < 4.78 is 20.4. The number of nitrogens with zero attached hydrogens (tertiary/aromatic N) is 3. The van der Waals surface area contributed by atoms with E-state index in [-0.39, 0.29) is 5.69 Å². The van der Waals surface area contributed by atoms with Crippen LogP contribution in [0, 0.1) is 10.1 Å². The molecular formula is C8H10N3O9P-2. The van der Waals surface area contributed by atoms with Crippen LogP contribution in [0.3, 0.4) is 0 Å². The topological polar surface area (TPSA) is 183 Å². The lowest BCUT2D eigenvalue weighted by molar-refractivity contribution is -0.385. The monoisotopic (exact) mass is 323 g/mol. The number of phosphoric acid groups is 1. The summed E-state index contributed by atoms with van der Waals surface area (Å²) in [7, 11) is -5.25. The standard InChI is InChI=1S/C8H12N3O9P/c12-6-5(3-19-21(16,17)18)20-8(7(6)13)10-2-4(1-9-10)11(14)15/h1-2,5-8,12-13H,3H2,(H2,16,17,18)/p-2/t5-,6-,7-,8-/m1/s1. The van der Waals surface area contributed by atoms with Crippen molar-refractivity contribution in [1.82, 2.24) is 9.78 Å². The van der Waals surface area contributed by atoms with Gasteiger partial charge in [0.1, 0.15) is 30.7 Å². The van der Waals surface area contributed by atoms with Gasteiger partial charge < -0.3 is 33.8 Å². The molecule has 1 fully saturated rings. The van der Waals surface area contributed by atoms with E-state index in [2.05, 4.69) is 9.62 Å². The molecule has 21 heavy (non-hydrogen) atoms. The van der Waals surface area contributed by atoms with E-state index in [0.29, 0.717) is 0 Å². The number of aromatic nitrogens is 2. The molecule has 2 N–H and O–H groups in total. The fourth-order valence-corrected chi connectivity index (χ4v) is 2.14. The van der Waals surface area contributed by atoms with Crippen LogP contribution in [0.25, 0.3) is 0 Å². The molecule has 0 spiro atoms. The summed E-state index contributed by atoms with van der Waals surface area (Å²) in [5.41, 5.74) is -0.358. The fraction of sp³-hybridized carbons (Fsp3) is 0.625. The summed E-state index contributed by atoms with van der Waals surface area (Å²) in [4.78, 5) is 30.5. The van der Waals surface area contributed by atoms with Gasteiger partial charge in [-0.3, -0.25) is 10.1 Å². The van der Waals surface area contributed by atoms with Crippen LogP contribution in [-0.2, 0) is 13.8 Å². The van der Waals surface area contributed by atoms with Crippen LogP contribution in [0.4, 0.5) is 5.69 Å². The molecule has 1 saturated heterocycles. The first-order valence-electron chi connectivity index (χ1n) is 5.56. The largest absolute Gasteiger partial charge is 0.790 e. The van der Waals surface area contributed by atoms with E-state index in [0.717, 1.165) is 17.1 Å². The third-order valence-electron chi connectivity index (χ3n) is 2.79. The van der Waals surface area contributed by atoms with E-state index < -0.39 is 43.9 Å². The highest BCUT2D eigenvalue weighted by Gasteiger charge is 2.44. The number of ether oxygens (including phenoxy) is 1. The van der Waals surface area contributed by atoms with Gasteiger partial charge in [-0.05, 0) is 0 Å². The lowest BCUT2D eigenvalue weighted by atomic mass is 10.1. The Morgan fingerprint density at radius 1 is 1.48 bits per heavy atom. The lowest BCUT2D eigenvalue weighted by Gasteiger charge is -2.30. The van der Waals surface area contributed by atoms with Crippen molar-refractivity contribution in [2.45, 2.75) is 24.5 Å². The van der Waals surface area contributed by atoms with Crippen molar-refractivity contribution in [2.24, 2.45) is 0 Å². The van der Waals surface area contributed by atoms with E-state index in [4.69, 9.17) is 4.74 Å². The van der Waals surface area contributed by atoms with Crippen LogP contribution in [0.5, 0.6) is 0 Å². The highest BCUT2D eigenvalue weighted by Crippen LogP contribution is 2.33.